The molecule has 4 heteroatoms. The Morgan fingerprint density at radius 2 is 1.33 bits per heavy atom. The Morgan fingerprint density at radius 1 is 0.810 bits per heavy atom. The van der Waals surface area contributed by atoms with Gasteiger partial charge in [0, 0.05) is 12.0 Å². The first kappa shape index (κ1) is 19.7. The first-order valence-electron chi connectivity index (χ1n) is 8.22. The standard InChI is InChI=1S/C17H30O4/c1-2-3-9-12-15(17(20)21)13-10-7-5-4-6-8-11-14-16(18)19/h12H,2-11,13-14H2,1H3,(H,18,19)(H,20,21). The third-order valence-electron chi connectivity index (χ3n) is 3.56. The Kier molecular flexibility index (Phi) is 12.8. The zero-order chi connectivity index (χ0) is 15.9. The molecule has 0 bridgehead atoms. The lowest BCUT2D eigenvalue weighted by molar-refractivity contribution is -0.137. The topological polar surface area (TPSA) is 74.6 Å². The molecule has 0 fully saturated rings. The molecule has 4 nitrogen and oxygen atoms in total. The lowest BCUT2D eigenvalue weighted by Gasteiger charge is -2.04. The van der Waals surface area contributed by atoms with E-state index in [9.17, 15) is 9.59 Å². The van der Waals surface area contributed by atoms with Crippen LogP contribution in [-0.4, -0.2) is 22.2 Å². The molecule has 0 amide bonds. The Morgan fingerprint density at radius 3 is 1.81 bits per heavy atom. The fourth-order valence-corrected chi connectivity index (χ4v) is 2.25. The number of carbonyl (C=O) groups is 2. The number of hydrogen-bond acceptors (Lipinski definition) is 2. The molecule has 0 atom stereocenters. The molecule has 0 aromatic rings. The fourth-order valence-electron chi connectivity index (χ4n) is 2.25. The summed E-state index contributed by atoms with van der Waals surface area (Å²) in [7, 11) is 0. The molecule has 0 heterocycles. The summed E-state index contributed by atoms with van der Waals surface area (Å²) in [6.45, 7) is 2.10. The maximum atomic E-state index is 11.1. The molecular weight excluding hydrogens is 268 g/mol. The van der Waals surface area contributed by atoms with Gasteiger partial charge in [-0.2, -0.15) is 0 Å². The molecule has 0 rings (SSSR count). The van der Waals surface area contributed by atoms with Crippen molar-refractivity contribution in [3.05, 3.63) is 11.6 Å². The third kappa shape index (κ3) is 13.4. The van der Waals surface area contributed by atoms with Crippen molar-refractivity contribution in [1.82, 2.24) is 0 Å². The van der Waals surface area contributed by atoms with Crippen LogP contribution in [0.5, 0.6) is 0 Å². The minimum Gasteiger partial charge on any atom is -0.481 e. The van der Waals surface area contributed by atoms with Crippen molar-refractivity contribution < 1.29 is 19.8 Å². The van der Waals surface area contributed by atoms with Crippen LogP contribution in [0.1, 0.15) is 84.0 Å². The molecule has 0 saturated heterocycles. The molecule has 0 aromatic carbocycles. The fraction of sp³-hybridized carbons (Fsp3) is 0.765. The van der Waals surface area contributed by atoms with Gasteiger partial charge in [0.1, 0.15) is 0 Å². The molecule has 0 radical (unpaired) electrons. The summed E-state index contributed by atoms with van der Waals surface area (Å²) in [5.41, 5.74) is 0.560. The zero-order valence-electron chi connectivity index (χ0n) is 13.3. The number of aliphatic carboxylic acids is 2. The Balaban J connectivity index is 3.56. The molecule has 0 aliphatic rings. The van der Waals surface area contributed by atoms with Crippen LogP contribution in [0.25, 0.3) is 0 Å². The van der Waals surface area contributed by atoms with Crippen LogP contribution < -0.4 is 0 Å². The maximum absolute atomic E-state index is 11.1. The van der Waals surface area contributed by atoms with E-state index < -0.39 is 11.9 Å². The van der Waals surface area contributed by atoms with Gasteiger partial charge in [-0.3, -0.25) is 4.79 Å². The zero-order valence-corrected chi connectivity index (χ0v) is 13.3. The summed E-state index contributed by atoms with van der Waals surface area (Å²) in [5.74, 6) is -1.49. The highest BCUT2D eigenvalue weighted by atomic mass is 16.4. The molecule has 0 aromatic heterocycles. The van der Waals surface area contributed by atoms with Gasteiger partial charge in [-0.1, -0.05) is 57.9 Å². The van der Waals surface area contributed by atoms with E-state index in [2.05, 4.69) is 6.92 Å². The molecule has 0 spiro atoms. The van der Waals surface area contributed by atoms with Crippen LogP contribution in [0.4, 0.5) is 0 Å². The summed E-state index contributed by atoms with van der Waals surface area (Å²) in [5, 5.41) is 17.6. The Bertz CT molecular complexity index is 321. The van der Waals surface area contributed by atoms with Crippen LogP contribution in [0, 0.1) is 0 Å². The molecule has 0 aliphatic heterocycles. The van der Waals surface area contributed by atoms with Crippen LogP contribution in [0.3, 0.4) is 0 Å². The molecular formula is C17H30O4. The lowest BCUT2D eigenvalue weighted by Crippen LogP contribution is -2.00. The summed E-state index contributed by atoms with van der Waals surface area (Å²) in [6.07, 6.45) is 12.8. The molecule has 21 heavy (non-hydrogen) atoms. The second-order valence-electron chi connectivity index (χ2n) is 5.55. The smallest absolute Gasteiger partial charge is 0.331 e. The van der Waals surface area contributed by atoms with Crippen molar-refractivity contribution in [2.45, 2.75) is 84.0 Å². The molecule has 0 saturated carbocycles. The number of carboxylic acid groups (broad SMARTS) is 2. The molecule has 2 N–H and O–H groups in total. The number of hydrogen-bond donors (Lipinski definition) is 2. The van der Waals surface area contributed by atoms with E-state index in [-0.39, 0.29) is 6.42 Å². The van der Waals surface area contributed by atoms with Crippen molar-refractivity contribution in [2.75, 3.05) is 0 Å². The van der Waals surface area contributed by atoms with Gasteiger partial charge in [0.05, 0.1) is 0 Å². The van der Waals surface area contributed by atoms with Crippen LogP contribution in [-0.2, 0) is 9.59 Å². The van der Waals surface area contributed by atoms with Gasteiger partial charge >= 0.3 is 11.9 Å². The molecule has 122 valence electrons. The quantitative estimate of drug-likeness (QED) is 0.357. The minimum absolute atomic E-state index is 0.268. The van der Waals surface area contributed by atoms with Crippen LogP contribution in [0.2, 0.25) is 0 Å². The number of rotatable bonds is 14. The van der Waals surface area contributed by atoms with E-state index in [0.29, 0.717) is 12.0 Å². The van der Waals surface area contributed by atoms with E-state index in [4.69, 9.17) is 10.2 Å². The van der Waals surface area contributed by atoms with E-state index in [1.165, 1.54) is 0 Å². The highest BCUT2D eigenvalue weighted by molar-refractivity contribution is 5.86. The van der Waals surface area contributed by atoms with E-state index >= 15 is 0 Å². The predicted octanol–water partition coefficient (Wildman–Crippen LogP) is 4.78. The van der Waals surface area contributed by atoms with Gasteiger partial charge in [-0.25, -0.2) is 4.79 Å². The van der Waals surface area contributed by atoms with Crippen molar-refractivity contribution in [2.24, 2.45) is 0 Å². The number of unbranched alkanes of at least 4 members (excludes halogenated alkanes) is 8. The molecule has 0 aliphatic carbocycles. The molecule has 0 unspecified atom stereocenters. The van der Waals surface area contributed by atoms with Gasteiger partial charge < -0.3 is 10.2 Å². The SMILES string of the molecule is CCCCC=C(CCCCCCCCCC(=O)O)C(=O)O. The van der Waals surface area contributed by atoms with Gasteiger partial charge in [0.25, 0.3) is 0 Å². The van der Waals surface area contributed by atoms with Gasteiger partial charge in [0.15, 0.2) is 0 Å². The van der Waals surface area contributed by atoms with Gasteiger partial charge in [0.2, 0.25) is 0 Å². The Hall–Kier alpha value is -1.32. The van der Waals surface area contributed by atoms with Crippen molar-refractivity contribution in [1.29, 1.82) is 0 Å². The first-order valence-corrected chi connectivity index (χ1v) is 8.22. The second kappa shape index (κ2) is 13.7. The van der Waals surface area contributed by atoms with Crippen LogP contribution >= 0.6 is 0 Å². The van der Waals surface area contributed by atoms with Crippen LogP contribution in [0.15, 0.2) is 11.6 Å². The highest BCUT2D eigenvalue weighted by Crippen LogP contribution is 2.14. The number of carboxylic acids is 2. The van der Waals surface area contributed by atoms with E-state index in [1.807, 2.05) is 6.08 Å². The van der Waals surface area contributed by atoms with Crippen molar-refractivity contribution in [3.8, 4) is 0 Å². The highest BCUT2D eigenvalue weighted by Gasteiger charge is 2.06. The first-order chi connectivity index (χ1) is 10.1. The van der Waals surface area contributed by atoms with Crippen molar-refractivity contribution >= 4 is 11.9 Å². The normalized spacial score (nSPS) is 11.6. The van der Waals surface area contributed by atoms with E-state index in [1.54, 1.807) is 0 Å². The second-order valence-corrected chi connectivity index (χ2v) is 5.55. The summed E-state index contributed by atoms with van der Waals surface area (Å²) < 4.78 is 0. The van der Waals surface area contributed by atoms with Crippen molar-refractivity contribution in [3.63, 3.8) is 0 Å². The Labute approximate surface area is 128 Å². The number of allylic oxidation sites excluding steroid dienone is 1. The maximum Gasteiger partial charge on any atom is 0.331 e. The largest absolute Gasteiger partial charge is 0.481 e. The van der Waals surface area contributed by atoms with Gasteiger partial charge in [-0.15, -0.1) is 0 Å². The average molecular weight is 298 g/mol. The minimum atomic E-state index is -0.778. The average Bonchev–Trinajstić information content (AvgIpc) is 2.43. The predicted molar refractivity (Wildman–Crippen MR) is 84.4 cm³/mol. The summed E-state index contributed by atoms with van der Waals surface area (Å²) in [6, 6.07) is 0. The van der Waals surface area contributed by atoms with Gasteiger partial charge in [-0.05, 0) is 25.7 Å². The van der Waals surface area contributed by atoms with E-state index in [0.717, 1.165) is 64.2 Å². The third-order valence-corrected chi connectivity index (χ3v) is 3.56. The summed E-state index contributed by atoms with van der Waals surface area (Å²) in [4.78, 5) is 21.4. The lowest BCUT2D eigenvalue weighted by atomic mass is 10.0. The summed E-state index contributed by atoms with van der Waals surface area (Å²) >= 11 is 0. The monoisotopic (exact) mass is 298 g/mol.